The lowest BCUT2D eigenvalue weighted by atomic mass is 9.70. The van der Waals surface area contributed by atoms with E-state index < -0.39 is 69.2 Å². The van der Waals surface area contributed by atoms with E-state index in [0.717, 1.165) is 22.9 Å². The van der Waals surface area contributed by atoms with Crippen LogP contribution in [-0.2, 0) is 47.5 Å². The van der Waals surface area contributed by atoms with Crippen molar-refractivity contribution in [2.75, 3.05) is 18.8 Å². The number of hydrogen-bond donors (Lipinski definition) is 4. The largest absolute Gasteiger partial charge is 0.481 e. The van der Waals surface area contributed by atoms with Crippen molar-refractivity contribution in [1.82, 2.24) is 19.9 Å². The minimum Gasteiger partial charge on any atom is -0.481 e. The number of benzene rings is 1. The minimum atomic E-state index is -4.08. The molecule has 4 unspecified atom stereocenters. The Bertz CT molecular complexity index is 1600. The monoisotopic (exact) mass is 644 g/mol. The lowest BCUT2D eigenvalue weighted by Gasteiger charge is -2.36. The Kier molecular flexibility index (Phi) is 10.2. The maximum atomic E-state index is 13.1. The fourth-order valence-electron chi connectivity index (χ4n) is 7.18. The Labute approximate surface area is 263 Å². The summed E-state index contributed by atoms with van der Waals surface area (Å²) in [6.45, 7) is 5.14. The molecule has 13 heteroatoms. The molecule has 4 rings (SSSR count). The number of carbonyl (C=O) groups is 5. The first kappa shape index (κ1) is 34.3. The number of Topliss-reactive ketones (excluding diaryl/α,β-unsaturated/α-hetero) is 2. The molecule has 2 fully saturated rings. The molecule has 0 spiro atoms. The van der Waals surface area contributed by atoms with Crippen LogP contribution in [0.1, 0.15) is 64.9 Å². The summed E-state index contributed by atoms with van der Waals surface area (Å²) in [7, 11) is -2.13. The summed E-state index contributed by atoms with van der Waals surface area (Å²) in [6.07, 6.45) is 3.52. The highest BCUT2D eigenvalue weighted by Crippen LogP contribution is 2.64. The summed E-state index contributed by atoms with van der Waals surface area (Å²) in [5, 5.41) is 15.7. The Morgan fingerprint density at radius 1 is 1.13 bits per heavy atom. The molecule has 45 heavy (non-hydrogen) atoms. The first-order valence-electron chi connectivity index (χ1n) is 15.5. The van der Waals surface area contributed by atoms with E-state index in [0.29, 0.717) is 25.8 Å². The fraction of sp³-hybridized carbons (Fsp3) is 0.594. The van der Waals surface area contributed by atoms with Gasteiger partial charge in [-0.3, -0.25) is 24.0 Å². The van der Waals surface area contributed by atoms with Gasteiger partial charge in [-0.15, -0.1) is 0 Å². The Hall–Kier alpha value is -3.58. The van der Waals surface area contributed by atoms with Gasteiger partial charge in [0.2, 0.25) is 21.8 Å². The molecule has 0 saturated heterocycles. The van der Waals surface area contributed by atoms with Gasteiger partial charge < -0.3 is 20.3 Å². The zero-order chi connectivity index (χ0) is 33.2. The summed E-state index contributed by atoms with van der Waals surface area (Å²) in [5.74, 6) is -4.45. The van der Waals surface area contributed by atoms with Crippen LogP contribution < -0.4 is 15.4 Å². The molecule has 1 aromatic carbocycles. The number of ketones is 2. The van der Waals surface area contributed by atoms with E-state index in [1.807, 2.05) is 55.9 Å². The number of amides is 2. The van der Waals surface area contributed by atoms with Crippen LogP contribution in [0.5, 0.6) is 0 Å². The van der Waals surface area contributed by atoms with Crippen molar-refractivity contribution < 1.29 is 37.5 Å². The number of aliphatic carboxylic acids is 1. The molecular formula is C32H44N4O8S. The van der Waals surface area contributed by atoms with Crippen LogP contribution in [0, 0.1) is 22.7 Å². The van der Waals surface area contributed by atoms with Gasteiger partial charge in [0.05, 0.1) is 24.8 Å². The quantitative estimate of drug-likeness (QED) is 0.214. The molecule has 1 heterocycles. The van der Waals surface area contributed by atoms with Crippen LogP contribution in [0.25, 0.3) is 10.9 Å². The lowest BCUT2D eigenvalue weighted by molar-refractivity contribution is -0.140. The summed E-state index contributed by atoms with van der Waals surface area (Å²) in [5.41, 5.74) is 0.652. The van der Waals surface area contributed by atoms with Crippen LogP contribution >= 0.6 is 0 Å². The second kappa shape index (κ2) is 13.4. The van der Waals surface area contributed by atoms with Gasteiger partial charge in [-0.25, -0.2) is 13.1 Å². The van der Waals surface area contributed by atoms with Gasteiger partial charge in [0.15, 0.2) is 5.78 Å². The SMILES string of the molecule is CCC(CC(=O)NCCc1cn(C)c2ccccc12)C(=O)NC(CC(=O)O)C(=O)CNS(=O)(=O)CC12CCC(CC1=O)C2(C)C. The standard InChI is InChI=1S/C32H44N4O8S/c1-5-20(14-28(39)33-13-11-21-18-36(4)25-9-7-6-8-23(21)25)30(42)35-24(16-29(40)41)26(37)17-34-45(43,44)19-32-12-10-22(15-27(32)38)31(32,2)3/h6-9,18,20,22,24,34H,5,10-17,19H2,1-4H3,(H,33,39)(H,35,42)(H,40,41). The molecule has 246 valence electrons. The van der Waals surface area contributed by atoms with Gasteiger partial charge in [0.1, 0.15) is 5.78 Å². The first-order chi connectivity index (χ1) is 21.1. The van der Waals surface area contributed by atoms with Gasteiger partial charge in [-0.2, -0.15) is 0 Å². The van der Waals surface area contributed by atoms with Gasteiger partial charge in [0, 0.05) is 54.9 Å². The molecule has 0 radical (unpaired) electrons. The highest BCUT2D eigenvalue weighted by molar-refractivity contribution is 7.89. The van der Waals surface area contributed by atoms with Gasteiger partial charge in [-0.1, -0.05) is 39.0 Å². The Morgan fingerprint density at radius 3 is 2.47 bits per heavy atom. The van der Waals surface area contributed by atoms with E-state index in [1.54, 1.807) is 6.92 Å². The van der Waals surface area contributed by atoms with Crippen LogP contribution in [0.4, 0.5) is 0 Å². The minimum absolute atomic E-state index is 0.0836. The zero-order valence-corrected chi connectivity index (χ0v) is 27.2. The third-order valence-electron chi connectivity index (χ3n) is 10.1. The number of nitrogens with zero attached hydrogens (tertiary/aromatic N) is 1. The van der Waals surface area contributed by atoms with Crippen LogP contribution in [-0.4, -0.2) is 72.3 Å². The molecule has 1 aromatic heterocycles. The number of nitrogens with one attached hydrogen (secondary N) is 3. The zero-order valence-electron chi connectivity index (χ0n) is 26.4. The summed E-state index contributed by atoms with van der Waals surface area (Å²) in [4.78, 5) is 63.0. The van der Waals surface area contributed by atoms with Crippen molar-refractivity contribution in [3.8, 4) is 0 Å². The summed E-state index contributed by atoms with van der Waals surface area (Å²) < 4.78 is 30.3. The number of hydrogen-bond acceptors (Lipinski definition) is 7. The maximum Gasteiger partial charge on any atom is 0.305 e. The average Bonchev–Trinajstić information content (AvgIpc) is 3.48. The molecule has 2 amide bonds. The Balaban J connectivity index is 1.30. The third-order valence-corrected chi connectivity index (χ3v) is 11.6. The number of rotatable bonds is 16. The summed E-state index contributed by atoms with van der Waals surface area (Å²) >= 11 is 0. The van der Waals surface area contributed by atoms with E-state index in [4.69, 9.17) is 0 Å². The van der Waals surface area contributed by atoms with Crippen molar-refractivity contribution in [2.24, 2.45) is 29.7 Å². The van der Waals surface area contributed by atoms with E-state index in [9.17, 15) is 37.5 Å². The maximum absolute atomic E-state index is 13.1. The van der Waals surface area contributed by atoms with Gasteiger partial charge >= 0.3 is 5.97 Å². The molecule has 0 aliphatic heterocycles. The van der Waals surface area contributed by atoms with Crippen LogP contribution in [0.15, 0.2) is 30.5 Å². The number of fused-ring (bicyclic) bond motifs is 3. The first-order valence-corrected chi connectivity index (χ1v) is 17.1. The molecule has 4 atom stereocenters. The van der Waals surface area contributed by atoms with Gasteiger partial charge in [-0.05, 0) is 48.6 Å². The average molecular weight is 645 g/mol. The van der Waals surface area contributed by atoms with Crippen LogP contribution in [0.2, 0.25) is 0 Å². The van der Waals surface area contributed by atoms with E-state index in [1.165, 1.54) is 0 Å². The smallest absolute Gasteiger partial charge is 0.305 e. The second-order valence-corrected chi connectivity index (χ2v) is 14.9. The van der Waals surface area contributed by atoms with Gasteiger partial charge in [0.25, 0.3) is 0 Å². The molecule has 4 N–H and O–H groups in total. The van der Waals surface area contributed by atoms with Crippen molar-refractivity contribution in [1.29, 1.82) is 0 Å². The number of aryl methyl sites for hydroxylation is 1. The molecule has 2 bridgehead atoms. The van der Waals surface area contributed by atoms with Crippen LogP contribution in [0.3, 0.4) is 0 Å². The summed E-state index contributed by atoms with van der Waals surface area (Å²) in [6, 6.07) is 6.45. The Morgan fingerprint density at radius 2 is 1.84 bits per heavy atom. The van der Waals surface area contributed by atoms with Crippen molar-refractivity contribution in [3.05, 3.63) is 36.0 Å². The van der Waals surface area contributed by atoms with Crippen molar-refractivity contribution >= 4 is 50.3 Å². The highest BCUT2D eigenvalue weighted by atomic mass is 32.2. The molecule has 2 saturated carbocycles. The van der Waals surface area contributed by atoms with Crippen molar-refractivity contribution in [3.63, 3.8) is 0 Å². The molecule has 2 aliphatic carbocycles. The number of sulfonamides is 1. The number of carbonyl (C=O) groups excluding carboxylic acids is 4. The fourth-order valence-corrected chi connectivity index (χ4v) is 8.97. The number of para-hydroxylation sites is 1. The molecule has 2 aliphatic rings. The van der Waals surface area contributed by atoms with E-state index in [2.05, 4.69) is 15.4 Å². The predicted molar refractivity (Wildman–Crippen MR) is 168 cm³/mol. The number of carboxylic acid groups (broad SMARTS) is 1. The molecule has 12 nitrogen and oxygen atoms in total. The third kappa shape index (κ3) is 7.30. The number of carboxylic acids is 1. The topological polar surface area (TPSA) is 181 Å². The second-order valence-electron chi connectivity index (χ2n) is 13.1. The number of aromatic nitrogens is 1. The van der Waals surface area contributed by atoms with E-state index in [-0.39, 0.29) is 30.4 Å². The van der Waals surface area contributed by atoms with Crippen molar-refractivity contribution in [2.45, 2.75) is 71.8 Å². The predicted octanol–water partition coefficient (Wildman–Crippen LogP) is 2.10. The lowest BCUT2D eigenvalue weighted by Crippen LogP contribution is -2.50. The van der Waals surface area contributed by atoms with E-state index >= 15 is 0 Å². The normalized spacial score (nSPS) is 21.9. The highest BCUT2D eigenvalue weighted by Gasteiger charge is 2.65. The molecule has 2 aromatic rings. The molecular weight excluding hydrogens is 600 g/mol.